The summed E-state index contributed by atoms with van der Waals surface area (Å²) in [5.74, 6) is -0.383. The number of rotatable bonds is 5. The number of pyridine rings is 1. The van der Waals surface area contributed by atoms with E-state index in [1.165, 1.54) is 18.3 Å². The van der Waals surface area contributed by atoms with Crippen LogP contribution in [0.25, 0.3) is 11.3 Å². The van der Waals surface area contributed by atoms with Crippen molar-refractivity contribution in [3.63, 3.8) is 0 Å². The molecule has 1 heterocycles. The summed E-state index contributed by atoms with van der Waals surface area (Å²) in [7, 11) is -3.43. The lowest BCUT2D eigenvalue weighted by Crippen LogP contribution is -2.46. The van der Waals surface area contributed by atoms with Crippen molar-refractivity contribution >= 4 is 21.6 Å². The highest BCUT2D eigenvalue weighted by Gasteiger charge is 2.34. The summed E-state index contributed by atoms with van der Waals surface area (Å²) in [6.07, 6.45) is -0.623. The van der Waals surface area contributed by atoms with E-state index in [-0.39, 0.29) is 17.9 Å². The van der Waals surface area contributed by atoms with Gasteiger partial charge in [-0.3, -0.25) is 9.78 Å². The minimum atomic E-state index is -4.39. The smallest absolute Gasteiger partial charge is 0.324 e. The van der Waals surface area contributed by atoms with E-state index in [0.717, 1.165) is 12.1 Å². The minimum Gasteiger partial charge on any atom is -0.324 e. The summed E-state index contributed by atoms with van der Waals surface area (Å²) < 4.78 is 64.6. The van der Waals surface area contributed by atoms with Crippen LogP contribution in [0.4, 0.5) is 18.9 Å². The van der Waals surface area contributed by atoms with Gasteiger partial charge in [0.25, 0.3) is 0 Å². The van der Waals surface area contributed by atoms with Crippen LogP contribution in [0.3, 0.4) is 0 Å². The lowest BCUT2D eigenvalue weighted by molar-refractivity contribution is -0.137. The fourth-order valence-electron chi connectivity index (χ4n) is 3.58. The Morgan fingerprint density at radius 3 is 2.06 bits per heavy atom. The Hall–Kier alpha value is -2.46. The van der Waals surface area contributed by atoms with E-state index in [1.807, 2.05) is 0 Å². The molecule has 0 aliphatic heterocycles. The number of hydrogen-bond acceptors (Lipinski definition) is 4. The van der Waals surface area contributed by atoms with Crippen molar-refractivity contribution in [3.05, 3.63) is 48.2 Å². The first kappa shape index (κ1) is 25.2. The number of halogens is 3. The van der Waals surface area contributed by atoms with E-state index in [9.17, 15) is 26.4 Å². The SMILES string of the molecule is CC(C)(C)S(=O)(=O)NC1CCC(C(=O)Nc2ccc(-c3ccc(C(F)(F)F)cc3)nc2)CC1. The van der Waals surface area contributed by atoms with Crippen LogP contribution in [-0.4, -0.2) is 30.1 Å². The first-order valence-electron chi connectivity index (χ1n) is 10.7. The van der Waals surface area contributed by atoms with E-state index < -0.39 is 26.5 Å². The molecule has 2 aromatic rings. The lowest BCUT2D eigenvalue weighted by atomic mass is 9.86. The summed E-state index contributed by atoms with van der Waals surface area (Å²) >= 11 is 0. The van der Waals surface area contributed by atoms with Crippen LogP contribution in [0.2, 0.25) is 0 Å². The number of amides is 1. The van der Waals surface area contributed by atoms with Crippen LogP contribution < -0.4 is 10.0 Å². The van der Waals surface area contributed by atoms with Gasteiger partial charge in [-0.1, -0.05) is 12.1 Å². The van der Waals surface area contributed by atoms with Crippen molar-refractivity contribution in [3.8, 4) is 11.3 Å². The molecule has 0 unspecified atom stereocenters. The number of carbonyl (C=O) groups excluding carboxylic acids is 1. The predicted octanol–water partition coefficient (Wildman–Crippen LogP) is 4.98. The number of nitrogens with one attached hydrogen (secondary N) is 2. The number of nitrogens with zero attached hydrogens (tertiary/aromatic N) is 1. The maximum atomic E-state index is 12.7. The zero-order valence-electron chi connectivity index (χ0n) is 18.7. The van der Waals surface area contributed by atoms with Crippen LogP contribution in [0.1, 0.15) is 52.0 Å². The van der Waals surface area contributed by atoms with Gasteiger partial charge >= 0.3 is 6.18 Å². The van der Waals surface area contributed by atoms with Gasteiger partial charge in [0.1, 0.15) is 0 Å². The fraction of sp³-hybridized carbons (Fsp3) is 0.478. The second-order valence-corrected chi connectivity index (χ2v) is 11.7. The zero-order chi connectivity index (χ0) is 24.4. The van der Waals surface area contributed by atoms with E-state index in [0.29, 0.717) is 42.6 Å². The van der Waals surface area contributed by atoms with E-state index >= 15 is 0 Å². The highest BCUT2D eigenvalue weighted by Crippen LogP contribution is 2.31. The number of benzene rings is 1. The van der Waals surface area contributed by atoms with Gasteiger partial charge in [-0.25, -0.2) is 13.1 Å². The lowest BCUT2D eigenvalue weighted by Gasteiger charge is -2.30. The fourth-order valence-corrected chi connectivity index (χ4v) is 4.61. The number of aromatic nitrogens is 1. The molecule has 1 aromatic heterocycles. The quantitative estimate of drug-likeness (QED) is 0.628. The average molecular weight is 484 g/mol. The molecular weight excluding hydrogens is 455 g/mol. The Bertz CT molecular complexity index is 1070. The van der Waals surface area contributed by atoms with Gasteiger partial charge in [0, 0.05) is 17.5 Å². The molecule has 6 nitrogen and oxygen atoms in total. The molecule has 0 radical (unpaired) electrons. The molecule has 1 aliphatic rings. The Kier molecular flexibility index (Phi) is 7.18. The maximum absolute atomic E-state index is 12.7. The Balaban J connectivity index is 1.54. The summed E-state index contributed by atoms with van der Waals surface area (Å²) in [4.78, 5) is 16.9. The monoisotopic (exact) mass is 483 g/mol. The van der Waals surface area contributed by atoms with Gasteiger partial charge in [0.05, 0.1) is 27.9 Å². The van der Waals surface area contributed by atoms with Crippen molar-refractivity contribution in [1.82, 2.24) is 9.71 Å². The molecule has 1 aliphatic carbocycles. The number of alkyl halides is 3. The molecule has 10 heteroatoms. The number of sulfonamides is 1. The number of anilines is 1. The Morgan fingerprint density at radius 2 is 1.58 bits per heavy atom. The maximum Gasteiger partial charge on any atom is 0.416 e. The number of hydrogen-bond donors (Lipinski definition) is 2. The van der Waals surface area contributed by atoms with E-state index in [1.54, 1.807) is 32.9 Å². The molecule has 1 fully saturated rings. The molecule has 0 atom stereocenters. The summed E-state index contributed by atoms with van der Waals surface area (Å²) in [6.45, 7) is 4.93. The van der Waals surface area contributed by atoms with Gasteiger partial charge in [-0.15, -0.1) is 0 Å². The van der Waals surface area contributed by atoms with Crippen LogP contribution in [0.15, 0.2) is 42.6 Å². The Morgan fingerprint density at radius 1 is 0.970 bits per heavy atom. The van der Waals surface area contributed by atoms with Crippen molar-refractivity contribution in [2.75, 3.05) is 5.32 Å². The highest BCUT2D eigenvalue weighted by molar-refractivity contribution is 7.90. The van der Waals surface area contributed by atoms with Gasteiger partial charge in [-0.2, -0.15) is 13.2 Å². The third-order valence-corrected chi connectivity index (χ3v) is 8.02. The molecule has 0 bridgehead atoms. The van der Waals surface area contributed by atoms with Gasteiger partial charge in [-0.05, 0) is 70.7 Å². The largest absolute Gasteiger partial charge is 0.416 e. The molecule has 1 amide bonds. The van der Waals surface area contributed by atoms with E-state index in [4.69, 9.17) is 0 Å². The molecule has 1 aromatic carbocycles. The zero-order valence-corrected chi connectivity index (χ0v) is 19.6. The van der Waals surface area contributed by atoms with Gasteiger partial charge in [0.2, 0.25) is 15.9 Å². The molecule has 180 valence electrons. The molecular formula is C23H28F3N3O3S. The van der Waals surface area contributed by atoms with Gasteiger partial charge in [0.15, 0.2) is 0 Å². The van der Waals surface area contributed by atoms with Gasteiger partial charge < -0.3 is 5.32 Å². The molecule has 0 spiro atoms. The molecule has 1 saturated carbocycles. The minimum absolute atomic E-state index is 0.156. The highest BCUT2D eigenvalue weighted by atomic mass is 32.2. The first-order chi connectivity index (χ1) is 15.3. The summed E-state index contributed by atoms with van der Waals surface area (Å²) in [5.41, 5.74) is 0.799. The van der Waals surface area contributed by atoms with E-state index in [2.05, 4.69) is 15.0 Å². The van der Waals surface area contributed by atoms with Crippen LogP contribution in [-0.2, 0) is 21.0 Å². The number of carbonyl (C=O) groups is 1. The second kappa shape index (κ2) is 9.42. The molecule has 33 heavy (non-hydrogen) atoms. The summed E-state index contributed by atoms with van der Waals surface area (Å²) in [6, 6.07) is 7.83. The van der Waals surface area contributed by atoms with Crippen molar-refractivity contribution < 1.29 is 26.4 Å². The molecule has 0 saturated heterocycles. The Labute approximate surface area is 192 Å². The third kappa shape index (κ3) is 6.32. The van der Waals surface area contributed by atoms with Crippen molar-refractivity contribution in [1.29, 1.82) is 0 Å². The third-order valence-electron chi connectivity index (χ3n) is 5.76. The molecule has 2 N–H and O–H groups in total. The van der Waals surface area contributed by atoms with Crippen LogP contribution in [0, 0.1) is 5.92 Å². The first-order valence-corrected chi connectivity index (χ1v) is 12.2. The normalized spacial score (nSPS) is 19.8. The van der Waals surface area contributed by atoms with Crippen molar-refractivity contribution in [2.24, 2.45) is 5.92 Å². The van der Waals surface area contributed by atoms with Crippen LogP contribution >= 0.6 is 0 Å². The predicted molar refractivity (Wildman–Crippen MR) is 121 cm³/mol. The standard InChI is InChI=1S/C23H28F3N3O3S/c1-22(2,3)33(31,32)29-18-10-6-16(7-11-18)21(30)28-19-12-13-20(27-14-19)15-4-8-17(9-5-15)23(24,25)26/h4-5,8-9,12-14,16,18,29H,6-7,10-11H2,1-3H3,(H,28,30). The average Bonchev–Trinajstić information content (AvgIpc) is 2.73. The van der Waals surface area contributed by atoms with Crippen molar-refractivity contribution in [2.45, 2.75) is 63.4 Å². The summed E-state index contributed by atoms with van der Waals surface area (Å²) in [5, 5.41) is 2.82. The molecule has 3 rings (SSSR count). The second-order valence-electron chi connectivity index (χ2n) is 9.28. The topological polar surface area (TPSA) is 88.2 Å². The van der Waals surface area contributed by atoms with Crippen LogP contribution in [0.5, 0.6) is 0 Å².